The van der Waals surface area contributed by atoms with Crippen LogP contribution < -0.4 is 10.6 Å². The standard InChI is InChI=1S/C18H20Cl2N4O/c19-14-3-4-15(20)16(10-14)23-18(25)5-8-24-9-7-22-12-17(24)13-2-1-6-21-11-13/h1-4,6,10-11,17,22H,5,7-9,12H2,(H,23,25). The normalized spacial score (nSPS) is 18.1. The lowest BCUT2D eigenvalue weighted by Gasteiger charge is -2.36. The van der Waals surface area contributed by atoms with Crippen molar-refractivity contribution < 1.29 is 4.79 Å². The van der Waals surface area contributed by atoms with Gasteiger partial charge in [-0.05, 0) is 29.8 Å². The zero-order valence-corrected chi connectivity index (χ0v) is 15.2. The summed E-state index contributed by atoms with van der Waals surface area (Å²) >= 11 is 12.0. The van der Waals surface area contributed by atoms with Gasteiger partial charge in [0.2, 0.25) is 5.91 Å². The number of anilines is 1. The Balaban J connectivity index is 1.59. The fraction of sp³-hybridized carbons (Fsp3) is 0.333. The molecule has 1 aromatic carbocycles. The molecule has 0 spiro atoms. The van der Waals surface area contributed by atoms with E-state index in [1.807, 2.05) is 12.3 Å². The average Bonchev–Trinajstić information content (AvgIpc) is 2.64. The Kier molecular flexibility index (Phi) is 6.26. The van der Waals surface area contributed by atoms with Gasteiger partial charge in [0.25, 0.3) is 0 Å². The molecular weight excluding hydrogens is 359 g/mol. The second kappa shape index (κ2) is 8.63. The Hall–Kier alpha value is -1.66. The highest BCUT2D eigenvalue weighted by atomic mass is 35.5. The van der Waals surface area contributed by atoms with Crippen molar-refractivity contribution >= 4 is 34.8 Å². The number of piperazine rings is 1. The van der Waals surface area contributed by atoms with Crippen molar-refractivity contribution in [2.75, 3.05) is 31.5 Å². The van der Waals surface area contributed by atoms with E-state index in [-0.39, 0.29) is 11.9 Å². The van der Waals surface area contributed by atoms with Crippen molar-refractivity contribution in [3.05, 3.63) is 58.3 Å². The summed E-state index contributed by atoms with van der Waals surface area (Å²) in [5.74, 6) is -0.0763. The monoisotopic (exact) mass is 378 g/mol. The molecule has 1 aliphatic heterocycles. The molecule has 25 heavy (non-hydrogen) atoms. The zero-order chi connectivity index (χ0) is 17.6. The summed E-state index contributed by atoms with van der Waals surface area (Å²) in [6.07, 6.45) is 4.04. The predicted molar refractivity (Wildman–Crippen MR) is 101 cm³/mol. The van der Waals surface area contributed by atoms with Gasteiger partial charge in [0, 0.05) is 56.1 Å². The number of hydrogen-bond donors (Lipinski definition) is 2. The van der Waals surface area contributed by atoms with Crippen LogP contribution in [0.2, 0.25) is 10.0 Å². The van der Waals surface area contributed by atoms with Gasteiger partial charge in [-0.2, -0.15) is 0 Å². The van der Waals surface area contributed by atoms with Crippen molar-refractivity contribution in [1.82, 2.24) is 15.2 Å². The number of hydrogen-bond acceptors (Lipinski definition) is 4. The number of benzene rings is 1. The molecule has 1 fully saturated rings. The predicted octanol–water partition coefficient (Wildman–Crippen LogP) is 3.36. The zero-order valence-electron chi connectivity index (χ0n) is 13.7. The summed E-state index contributed by atoms with van der Waals surface area (Å²) in [6.45, 7) is 3.34. The molecule has 1 amide bonds. The van der Waals surface area contributed by atoms with Crippen LogP contribution in [0.1, 0.15) is 18.0 Å². The molecule has 5 nitrogen and oxygen atoms in total. The third-order valence-electron chi connectivity index (χ3n) is 4.25. The van der Waals surface area contributed by atoms with E-state index in [9.17, 15) is 4.79 Å². The van der Waals surface area contributed by atoms with E-state index >= 15 is 0 Å². The summed E-state index contributed by atoms with van der Waals surface area (Å²) in [7, 11) is 0. The number of rotatable bonds is 5. The molecule has 0 radical (unpaired) electrons. The summed E-state index contributed by atoms with van der Waals surface area (Å²) in [4.78, 5) is 18.8. The van der Waals surface area contributed by atoms with Crippen LogP contribution in [0.5, 0.6) is 0 Å². The lowest BCUT2D eigenvalue weighted by Crippen LogP contribution is -2.46. The average molecular weight is 379 g/mol. The quantitative estimate of drug-likeness (QED) is 0.837. The fourth-order valence-electron chi connectivity index (χ4n) is 2.97. The molecule has 132 valence electrons. The van der Waals surface area contributed by atoms with Crippen LogP contribution in [0.25, 0.3) is 0 Å². The molecule has 2 aromatic rings. The molecule has 1 aliphatic rings. The maximum atomic E-state index is 12.3. The highest BCUT2D eigenvalue weighted by molar-refractivity contribution is 6.35. The first-order valence-corrected chi connectivity index (χ1v) is 8.98. The summed E-state index contributed by atoms with van der Waals surface area (Å²) in [5, 5.41) is 7.26. The van der Waals surface area contributed by atoms with E-state index in [4.69, 9.17) is 23.2 Å². The van der Waals surface area contributed by atoms with E-state index < -0.39 is 0 Å². The molecular formula is C18H20Cl2N4O. The number of nitrogens with zero attached hydrogens (tertiary/aromatic N) is 2. The topological polar surface area (TPSA) is 57.3 Å². The highest BCUT2D eigenvalue weighted by Crippen LogP contribution is 2.26. The Morgan fingerprint density at radius 3 is 3.04 bits per heavy atom. The van der Waals surface area contributed by atoms with Gasteiger partial charge in [0.05, 0.1) is 10.7 Å². The van der Waals surface area contributed by atoms with Gasteiger partial charge in [0.15, 0.2) is 0 Å². The molecule has 0 aliphatic carbocycles. The van der Waals surface area contributed by atoms with Gasteiger partial charge in [-0.3, -0.25) is 14.7 Å². The summed E-state index contributed by atoms with van der Waals surface area (Å²) < 4.78 is 0. The fourth-order valence-corrected chi connectivity index (χ4v) is 3.30. The van der Waals surface area contributed by atoms with Gasteiger partial charge < -0.3 is 10.6 Å². The molecule has 1 aromatic heterocycles. The Morgan fingerprint density at radius 1 is 1.36 bits per heavy atom. The van der Waals surface area contributed by atoms with Gasteiger partial charge in [-0.25, -0.2) is 0 Å². The van der Waals surface area contributed by atoms with Gasteiger partial charge in [-0.15, -0.1) is 0 Å². The third-order valence-corrected chi connectivity index (χ3v) is 4.82. The largest absolute Gasteiger partial charge is 0.325 e. The number of pyridine rings is 1. The van der Waals surface area contributed by atoms with Gasteiger partial charge >= 0.3 is 0 Å². The number of carbonyl (C=O) groups is 1. The van der Waals surface area contributed by atoms with Crippen LogP contribution in [0.4, 0.5) is 5.69 Å². The van der Waals surface area contributed by atoms with Crippen LogP contribution in [0, 0.1) is 0 Å². The van der Waals surface area contributed by atoms with Crippen LogP contribution >= 0.6 is 23.2 Å². The second-order valence-electron chi connectivity index (χ2n) is 5.96. The second-order valence-corrected chi connectivity index (χ2v) is 6.81. The number of carbonyl (C=O) groups excluding carboxylic acids is 1. The van der Waals surface area contributed by atoms with Crippen LogP contribution in [0.15, 0.2) is 42.7 Å². The lowest BCUT2D eigenvalue weighted by molar-refractivity contribution is -0.116. The van der Waals surface area contributed by atoms with Crippen LogP contribution in [0.3, 0.4) is 0 Å². The third kappa shape index (κ3) is 4.92. The highest BCUT2D eigenvalue weighted by Gasteiger charge is 2.24. The molecule has 1 unspecified atom stereocenters. The molecule has 3 rings (SSSR count). The SMILES string of the molecule is O=C(CCN1CCNCC1c1cccnc1)Nc1cc(Cl)ccc1Cl. The van der Waals surface area contributed by atoms with Gasteiger partial charge in [0.1, 0.15) is 0 Å². The molecule has 0 bridgehead atoms. The van der Waals surface area contributed by atoms with Crippen molar-refractivity contribution in [2.24, 2.45) is 0 Å². The van der Waals surface area contributed by atoms with E-state index in [0.29, 0.717) is 28.7 Å². The number of halogens is 2. The Bertz CT molecular complexity index is 726. The minimum Gasteiger partial charge on any atom is -0.325 e. The minimum atomic E-state index is -0.0763. The first-order valence-electron chi connectivity index (χ1n) is 8.23. The maximum absolute atomic E-state index is 12.3. The Morgan fingerprint density at radius 2 is 2.24 bits per heavy atom. The minimum absolute atomic E-state index is 0.0763. The molecule has 2 N–H and O–H groups in total. The number of aromatic nitrogens is 1. The van der Waals surface area contributed by atoms with Crippen molar-refractivity contribution in [1.29, 1.82) is 0 Å². The lowest BCUT2D eigenvalue weighted by atomic mass is 10.1. The summed E-state index contributed by atoms with van der Waals surface area (Å²) in [5.41, 5.74) is 1.70. The van der Waals surface area contributed by atoms with E-state index in [2.05, 4.69) is 26.6 Å². The smallest absolute Gasteiger partial charge is 0.225 e. The van der Waals surface area contributed by atoms with Gasteiger partial charge in [-0.1, -0.05) is 29.3 Å². The molecule has 1 saturated heterocycles. The molecule has 1 atom stereocenters. The first-order chi connectivity index (χ1) is 12.1. The summed E-state index contributed by atoms with van der Waals surface area (Å²) in [6, 6.07) is 9.27. The molecule has 7 heteroatoms. The molecule has 0 saturated carbocycles. The van der Waals surface area contributed by atoms with Crippen molar-refractivity contribution in [3.8, 4) is 0 Å². The van der Waals surface area contributed by atoms with Crippen LogP contribution in [-0.2, 0) is 4.79 Å². The number of amides is 1. The number of nitrogens with one attached hydrogen (secondary N) is 2. The Labute approximate surface area is 157 Å². The van der Waals surface area contributed by atoms with Crippen LogP contribution in [-0.4, -0.2) is 42.0 Å². The first kappa shape index (κ1) is 18.1. The van der Waals surface area contributed by atoms with E-state index in [1.54, 1.807) is 24.4 Å². The molecule has 2 heterocycles. The maximum Gasteiger partial charge on any atom is 0.225 e. The van der Waals surface area contributed by atoms with Crippen molar-refractivity contribution in [2.45, 2.75) is 12.5 Å². The van der Waals surface area contributed by atoms with E-state index in [1.165, 1.54) is 0 Å². The van der Waals surface area contributed by atoms with Crippen molar-refractivity contribution in [3.63, 3.8) is 0 Å². The van der Waals surface area contributed by atoms with E-state index in [0.717, 1.165) is 25.2 Å².